The van der Waals surface area contributed by atoms with Gasteiger partial charge in [-0.1, -0.05) is 0 Å². The number of hydrogen-bond acceptors (Lipinski definition) is 4. The average molecular weight is 491 g/mol. The van der Waals surface area contributed by atoms with E-state index in [0.717, 1.165) is 64.2 Å². The van der Waals surface area contributed by atoms with Crippen LogP contribution in [0, 0.1) is 10.8 Å². The van der Waals surface area contributed by atoms with Crippen LogP contribution in [0.3, 0.4) is 0 Å². The molecule has 2 heterocycles. The second-order valence-electron chi connectivity index (χ2n) is 11.0. The largest absolute Gasteiger partial charge is 0.616 e. The number of rotatable bonds is 13. The monoisotopic (exact) mass is 490 g/mol. The second-order valence-corrected chi connectivity index (χ2v) is 15.0. The van der Waals surface area contributed by atoms with Gasteiger partial charge in [-0.15, -0.1) is 0 Å². The van der Waals surface area contributed by atoms with Crippen LogP contribution in [0.5, 0.6) is 0 Å². The van der Waals surface area contributed by atoms with Crippen molar-refractivity contribution in [1.82, 2.24) is 0 Å². The summed E-state index contributed by atoms with van der Waals surface area (Å²) >= 11 is -1.76. The van der Waals surface area contributed by atoms with Gasteiger partial charge in [0.25, 0.3) is 0 Å². The molecule has 0 amide bonds. The molecule has 2 aliphatic heterocycles. The fourth-order valence-corrected chi connectivity index (χ4v) is 9.02. The summed E-state index contributed by atoms with van der Waals surface area (Å²) in [5, 5.41) is 19.2. The Morgan fingerprint density at radius 2 is 0.969 bits per heavy atom. The zero-order valence-corrected chi connectivity index (χ0v) is 21.8. The van der Waals surface area contributed by atoms with Crippen molar-refractivity contribution in [2.75, 3.05) is 0 Å². The van der Waals surface area contributed by atoms with Gasteiger partial charge in [-0.2, -0.15) is 0 Å². The molecule has 6 unspecified atom stereocenters. The highest BCUT2D eigenvalue weighted by atomic mass is 32.2. The Hall–Kier alpha value is -0.440. The highest BCUT2D eigenvalue weighted by Crippen LogP contribution is 2.38. The minimum absolute atomic E-state index is 0.170. The van der Waals surface area contributed by atoms with E-state index in [2.05, 4.69) is 0 Å². The third kappa shape index (κ3) is 7.54. The van der Waals surface area contributed by atoms with Crippen molar-refractivity contribution in [3.63, 3.8) is 0 Å². The minimum Gasteiger partial charge on any atom is -0.616 e. The summed E-state index contributed by atoms with van der Waals surface area (Å²) in [6.45, 7) is 6.97. The summed E-state index contributed by atoms with van der Waals surface area (Å²) in [6.07, 6.45) is 9.94. The highest BCUT2D eigenvalue weighted by Gasteiger charge is 2.42. The normalized spacial score (nSPS) is 31.2. The number of hydrogen-bond donors (Lipinski definition) is 2. The van der Waals surface area contributed by atoms with Gasteiger partial charge >= 0.3 is 11.9 Å². The molecule has 0 spiro atoms. The highest BCUT2D eigenvalue weighted by molar-refractivity contribution is 7.93. The Morgan fingerprint density at radius 3 is 1.25 bits per heavy atom. The molecule has 0 aromatic rings. The molecule has 0 radical (unpaired) electrons. The quantitative estimate of drug-likeness (QED) is 0.355. The first-order valence-corrected chi connectivity index (χ1v) is 14.7. The molecule has 0 aromatic carbocycles. The van der Waals surface area contributed by atoms with E-state index in [9.17, 15) is 28.9 Å². The SMILES string of the molecule is CC(C)(CCCC1CCC(CCC2CCC(CCCC(C)(C)C(=O)O)[S+]2[O-])[S+]1[O-])C(=O)O. The number of carboxylic acids is 2. The Bertz CT molecular complexity index is 584. The molecular weight excluding hydrogens is 448 g/mol. The van der Waals surface area contributed by atoms with Crippen molar-refractivity contribution < 1.29 is 28.9 Å². The molecule has 186 valence electrons. The lowest BCUT2D eigenvalue weighted by Crippen LogP contribution is -2.28. The summed E-state index contributed by atoms with van der Waals surface area (Å²) in [5.41, 5.74) is -1.46. The lowest BCUT2D eigenvalue weighted by atomic mass is 9.87. The van der Waals surface area contributed by atoms with Crippen molar-refractivity contribution in [2.24, 2.45) is 10.8 Å². The molecule has 2 N–H and O–H groups in total. The zero-order valence-electron chi connectivity index (χ0n) is 20.1. The molecule has 8 heteroatoms. The first-order valence-electron chi connectivity index (χ1n) is 12.1. The molecule has 32 heavy (non-hydrogen) atoms. The van der Waals surface area contributed by atoms with Crippen molar-refractivity contribution in [3.8, 4) is 0 Å². The van der Waals surface area contributed by atoms with E-state index in [1.165, 1.54) is 0 Å². The van der Waals surface area contributed by atoms with E-state index in [1.807, 2.05) is 0 Å². The van der Waals surface area contributed by atoms with E-state index in [0.29, 0.717) is 12.8 Å². The van der Waals surface area contributed by atoms with Gasteiger partial charge < -0.3 is 19.3 Å². The van der Waals surface area contributed by atoms with Crippen molar-refractivity contribution >= 4 is 34.3 Å². The molecule has 6 atom stereocenters. The third-order valence-electron chi connectivity index (χ3n) is 7.56. The maximum Gasteiger partial charge on any atom is 0.309 e. The molecule has 0 aromatic heterocycles. The van der Waals surface area contributed by atoms with Crippen LogP contribution >= 0.6 is 0 Å². The fourth-order valence-electron chi connectivity index (χ4n) is 4.92. The van der Waals surface area contributed by atoms with Crippen LogP contribution in [0.1, 0.15) is 105 Å². The number of aliphatic carboxylic acids is 2. The maximum atomic E-state index is 12.9. The van der Waals surface area contributed by atoms with Crippen LogP contribution in [-0.2, 0) is 31.9 Å². The predicted molar refractivity (Wildman–Crippen MR) is 130 cm³/mol. The van der Waals surface area contributed by atoms with Gasteiger partial charge in [-0.3, -0.25) is 9.59 Å². The zero-order chi connectivity index (χ0) is 24.1. The van der Waals surface area contributed by atoms with Crippen LogP contribution in [-0.4, -0.2) is 52.3 Å². The molecule has 0 bridgehead atoms. The molecule has 0 saturated carbocycles. The van der Waals surface area contributed by atoms with E-state index in [1.54, 1.807) is 27.7 Å². The summed E-state index contributed by atoms with van der Waals surface area (Å²) in [5.74, 6) is -1.56. The molecule has 2 rings (SSSR count). The minimum atomic E-state index is -0.879. The van der Waals surface area contributed by atoms with Crippen molar-refractivity contribution in [3.05, 3.63) is 0 Å². The Balaban J connectivity index is 1.69. The Morgan fingerprint density at radius 1 is 0.688 bits per heavy atom. The lowest BCUT2D eigenvalue weighted by Gasteiger charge is -2.24. The molecule has 2 saturated heterocycles. The topological polar surface area (TPSA) is 121 Å². The van der Waals surface area contributed by atoms with Crippen LogP contribution in [0.4, 0.5) is 0 Å². The van der Waals surface area contributed by atoms with E-state index in [4.69, 9.17) is 0 Å². The van der Waals surface area contributed by atoms with Gasteiger partial charge in [0.1, 0.15) is 21.0 Å². The van der Waals surface area contributed by atoms with Crippen LogP contribution in [0.15, 0.2) is 0 Å². The summed E-state index contributed by atoms with van der Waals surface area (Å²) in [4.78, 5) is 22.5. The van der Waals surface area contributed by atoms with Crippen LogP contribution < -0.4 is 0 Å². The third-order valence-corrected chi connectivity index (χ3v) is 12.1. The summed E-state index contributed by atoms with van der Waals surface area (Å²) in [6, 6.07) is 0. The standard InChI is InChI=1S/C24H42O6S2/c1-23(2,21(25)26)15-5-7-17-9-11-19(31(17)29)13-14-20-12-10-18(32(20)30)8-6-16-24(3,4)22(27)28/h17-20H,5-16H2,1-4H3,(H,25,26)(H,27,28). The van der Waals surface area contributed by atoms with Gasteiger partial charge in [-0.05, 0) is 127 Å². The number of carbonyl (C=O) groups is 2. The molecule has 0 aliphatic carbocycles. The lowest BCUT2D eigenvalue weighted by molar-refractivity contribution is -0.148. The van der Waals surface area contributed by atoms with E-state index in [-0.39, 0.29) is 21.0 Å². The fraction of sp³-hybridized carbons (Fsp3) is 0.917. The van der Waals surface area contributed by atoms with Crippen LogP contribution in [0.25, 0.3) is 0 Å². The van der Waals surface area contributed by atoms with Crippen molar-refractivity contribution in [2.45, 2.75) is 126 Å². The van der Waals surface area contributed by atoms with Gasteiger partial charge in [0, 0.05) is 0 Å². The maximum absolute atomic E-state index is 12.9. The second kappa shape index (κ2) is 11.8. The smallest absolute Gasteiger partial charge is 0.309 e. The molecule has 2 aliphatic rings. The van der Waals surface area contributed by atoms with Gasteiger partial charge in [0.2, 0.25) is 0 Å². The Kier molecular flexibility index (Phi) is 10.3. The summed E-state index contributed by atoms with van der Waals surface area (Å²) < 4.78 is 25.8. The predicted octanol–water partition coefficient (Wildman–Crippen LogP) is 4.89. The molecular formula is C24H42O6S2. The Labute approximate surface area is 199 Å². The van der Waals surface area contributed by atoms with Gasteiger partial charge in [0.05, 0.1) is 10.8 Å². The first kappa shape index (κ1) is 27.8. The number of carboxylic acid groups (broad SMARTS) is 2. The van der Waals surface area contributed by atoms with E-state index >= 15 is 0 Å². The van der Waals surface area contributed by atoms with Crippen LogP contribution in [0.2, 0.25) is 0 Å². The van der Waals surface area contributed by atoms with Gasteiger partial charge in [-0.25, -0.2) is 0 Å². The molecule has 2 fully saturated rings. The summed E-state index contributed by atoms with van der Waals surface area (Å²) in [7, 11) is 0. The van der Waals surface area contributed by atoms with Crippen molar-refractivity contribution in [1.29, 1.82) is 0 Å². The first-order chi connectivity index (χ1) is 14.8. The van der Waals surface area contributed by atoms with E-state index < -0.39 is 45.1 Å². The average Bonchev–Trinajstić information content (AvgIpc) is 3.22. The van der Waals surface area contributed by atoms with Gasteiger partial charge in [0.15, 0.2) is 0 Å². The molecule has 6 nitrogen and oxygen atoms in total.